The SMILES string of the molecule is CCCCC(CCN(CC)CC)NCCC. The number of unbranched alkanes of at least 4 members (excludes halogenated alkanes) is 1. The molecule has 0 fully saturated rings. The minimum absolute atomic E-state index is 0.737. The van der Waals surface area contributed by atoms with Gasteiger partial charge in [0.05, 0.1) is 0 Å². The van der Waals surface area contributed by atoms with E-state index in [1.807, 2.05) is 0 Å². The number of hydrogen-bond donors (Lipinski definition) is 1. The van der Waals surface area contributed by atoms with Crippen molar-refractivity contribution in [1.82, 2.24) is 10.2 Å². The molecule has 0 spiro atoms. The van der Waals surface area contributed by atoms with Gasteiger partial charge in [-0.05, 0) is 45.4 Å². The van der Waals surface area contributed by atoms with E-state index in [0.717, 1.165) is 6.04 Å². The van der Waals surface area contributed by atoms with Crippen LogP contribution in [0.3, 0.4) is 0 Å². The van der Waals surface area contributed by atoms with Gasteiger partial charge >= 0.3 is 0 Å². The maximum absolute atomic E-state index is 3.68. The Kier molecular flexibility index (Phi) is 11.3. The molecule has 1 atom stereocenters. The summed E-state index contributed by atoms with van der Waals surface area (Å²) in [7, 11) is 0. The number of rotatable bonds is 11. The van der Waals surface area contributed by atoms with Crippen LogP contribution in [0.5, 0.6) is 0 Å². The highest BCUT2D eigenvalue weighted by molar-refractivity contribution is 4.69. The first-order chi connectivity index (χ1) is 7.78. The Morgan fingerprint density at radius 2 is 1.62 bits per heavy atom. The van der Waals surface area contributed by atoms with Crippen LogP contribution in [-0.2, 0) is 0 Å². The van der Waals surface area contributed by atoms with E-state index in [1.165, 1.54) is 58.3 Å². The zero-order chi connectivity index (χ0) is 12.2. The smallest absolute Gasteiger partial charge is 0.00792 e. The molecule has 0 aliphatic rings. The number of hydrogen-bond acceptors (Lipinski definition) is 2. The van der Waals surface area contributed by atoms with Crippen LogP contribution in [0.1, 0.15) is 59.8 Å². The lowest BCUT2D eigenvalue weighted by molar-refractivity contribution is 0.276. The van der Waals surface area contributed by atoms with Crippen LogP contribution in [0.2, 0.25) is 0 Å². The van der Waals surface area contributed by atoms with Crippen LogP contribution in [-0.4, -0.2) is 37.1 Å². The molecule has 16 heavy (non-hydrogen) atoms. The standard InChI is InChI=1S/C14H32N2/c1-5-9-10-14(15-12-6-2)11-13-16(7-3)8-4/h14-15H,5-13H2,1-4H3. The molecule has 0 bridgehead atoms. The summed E-state index contributed by atoms with van der Waals surface area (Å²) in [5, 5.41) is 3.68. The van der Waals surface area contributed by atoms with Crippen molar-refractivity contribution in [2.24, 2.45) is 0 Å². The molecule has 1 unspecified atom stereocenters. The highest BCUT2D eigenvalue weighted by atomic mass is 15.1. The summed E-state index contributed by atoms with van der Waals surface area (Å²) in [6, 6.07) is 0.737. The van der Waals surface area contributed by atoms with Gasteiger partial charge in [-0.2, -0.15) is 0 Å². The summed E-state index contributed by atoms with van der Waals surface area (Å²) in [4.78, 5) is 2.52. The summed E-state index contributed by atoms with van der Waals surface area (Å²) in [5.74, 6) is 0. The van der Waals surface area contributed by atoms with Crippen LogP contribution in [0.15, 0.2) is 0 Å². The van der Waals surface area contributed by atoms with E-state index in [0.29, 0.717) is 0 Å². The fourth-order valence-corrected chi connectivity index (χ4v) is 2.03. The first-order valence-corrected chi connectivity index (χ1v) is 7.24. The highest BCUT2D eigenvalue weighted by Crippen LogP contribution is 2.06. The summed E-state index contributed by atoms with van der Waals surface area (Å²) >= 11 is 0. The monoisotopic (exact) mass is 228 g/mol. The molecule has 0 amide bonds. The second-order valence-electron chi connectivity index (χ2n) is 4.61. The van der Waals surface area contributed by atoms with E-state index < -0.39 is 0 Å². The van der Waals surface area contributed by atoms with E-state index in [2.05, 4.69) is 37.9 Å². The topological polar surface area (TPSA) is 15.3 Å². The first-order valence-electron chi connectivity index (χ1n) is 7.24. The molecule has 98 valence electrons. The van der Waals surface area contributed by atoms with Gasteiger partial charge in [-0.15, -0.1) is 0 Å². The fraction of sp³-hybridized carbons (Fsp3) is 1.00. The first kappa shape index (κ1) is 15.9. The van der Waals surface area contributed by atoms with Crippen LogP contribution in [0.4, 0.5) is 0 Å². The predicted molar refractivity (Wildman–Crippen MR) is 74.0 cm³/mol. The Balaban J connectivity index is 3.79. The molecule has 0 aliphatic heterocycles. The molecule has 0 radical (unpaired) electrons. The molecule has 0 aromatic rings. The van der Waals surface area contributed by atoms with Gasteiger partial charge in [-0.3, -0.25) is 0 Å². The van der Waals surface area contributed by atoms with Gasteiger partial charge in [-0.25, -0.2) is 0 Å². The van der Waals surface area contributed by atoms with Crippen LogP contribution in [0, 0.1) is 0 Å². The quantitative estimate of drug-likeness (QED) is 0.584. The van der Waals surface area contributed by atoms with Gasteiger partial charge in [0.15, 0.2) is 0 Å². The molecule has 2 nitrogen and oxygen atoms in total. The zero-order valence-electron chi connectivity index (χ0n) is 11.9. The fourth-order valence-electron chi connectivity index (χ4n) is 2.03. The lowest BCUT2D eigenvalue weighted by Gasteiger charge is -2.23. The number of nitrogens with zero attached hydrogens (tertiary/aromatic N) is 1. The summed E-state index contributed by atoms with van der Waals surface area (Å²) < 4.78 is 0. The predicted octanol–water partition coefficient (Wildman–Crippen LogP) is 3.28. The van der Waals surface area contributed by atoms with Crippen molar-refractivity contribution in [3.63, 3.8) is 0 Å². The zero-order valence-corrected chi connectivity index (χ0v) is 11.9. The maximum Gasteiger partial charge on any atom is 0.00792 e. The van der Waals surface area contributed by atoms with Gasteiger partial charge in [0.1, 0.15) is 0 Å². The second-order valence-corrected chi connectivity index (χ2v) is 4.61. The number of nitrogens with one attached hydrogen (secondary N) is 1. The molecular weight excluding hydrogens is 196 g/mol. The molecule has 0 rings (SSSR count). The third-order valence-corrected chi connectivity index (χ3v) is 3.28. The molecule has 0 aromatic carbocycles. The van der Waals surface area contributed by atoms with Crippen molar-refractivity contribution in [1.29, 1.82) is 0 Å². The van der Waals surface area contributed by atoms with Crippen molar-refractivity contribution in [2.45, 2.75) is 65.8 Å². The molecule has 0 saturated heterocycles. The van der Waals surface area contributed by atoms with Crippen LogP contribution >= 0.6 is 0 Å². The average molecular weight is 228 g/mol. The third kappa shape index (κ3) is 8.12. The van der Waals surface area contributed by atoms with Crippen molar-refractivity contribution in [3.05, 3.63) is 0 Å². The molecule has 0 saturated carbocycles. The summed E-state index contributed by atoms with van der Waals surface area (Å²) in [6.45, 7) is 13.8. The van der Waals surface area contributed by atoms with Crippen molar-refractivity contribution < 1.29 is 0 Å². The lowest BCUT2D eigenvalue weighted by Crippen LogP contribution is -2.34. The minimum atomic E-state index is 0.737. The molecule has 1 N–H and O–H groups in total. The van der Waals surface area contributed by atoms with Gasteiger partial charge in [0.25, 0.3) is 0 Å². The molecule has 0 heterocycles. The van der Waals surface area contributed by atoms with Gasteiger partial charge in [-0.1, -0.05) is 40.5 Å². The Labute approximate surface area is 103 Å². The van der Waals surface area contributed by atoms with Gasteiger partial charge in [0, 0.05) is 6.04 Å². The molecule has 0 aliphatic carbocycles. The Hall–Kier alpha value is -0.0800. The van der Waals surface area contributed by atoms with E-state index >= 15 is 0 Å². The normalized spacial score (nSPS) is 13.3. The summed E-state index contributed by atoms with van der Waals surface area (Å²) in [6.07, 6.45) is 6.57. The van der Waals surface area contributed by atoms with Crippen LogP contribution < -0.4 is 5.32 Å². The molecular formula is C14H32N2. The van der Waals surface area contributed by atoms with E-state index in [1.54, 1.807) is 0 Å². The highest BCUT2D eigenvalue weighted by Gasteiger charge is 2.08. The largest absolute Gasteiger partial charge is 0.314 e. The maximum atomic E-state index is 3.68. The van der Waals surface area contributed by atoms with Gasteiger partial charge in [0.2, 0.25) is 0 Å². The Morgan fingerprint density at radius 3 is 2.12 bits per heavy atom. The average Bonchev–Trinajstić information content (AvgIpc) is 2.32. The van der Waals surface area contributed by atoms with Crippen molar-refractivity contribution in [3.8, 4) is 0 Å². The molecule has 0 aromatic heterocycles. The summed E-state index contributed by atoms with van der Waals surface area (Å²) in [5.41, 5.74) is 0. The van der Waals surface area contributed by atoms with E-state index in [-0.39, 0.29) is 0 Å². The van der Waals surface area contributed by atoms with Gasteiger partial charge < -0.3 is 10.2 Å². The third-order valence-electron chi connectivity index (χ3n) is 3.28. The minimum Gasteiger partial charge on any atom is -0.314 e. The van der Waals surface area contributed by atoms with Crippen molar-refractivity contribution >= 4 is 0 Å². The van der Waals surface area contributed by atoms with Crippen molar-refractivity contribution in [2.75, 3.05) is 26.2 Å². The Morgan fingerprint density at radius 1 is 0.938 bits per heavy atom. The second kappa shape index (κ2) is 11.4. The van der Waals surface area contributed by atoms with Crippen LogP contribution in [0.25, 0.3) is 0 Å². The van der Waals surface area contributed by atoms with E-state index in [9.17, 15) is 0 Å². The lowest BCUT2D eigenvalue weighted by atomic mass is 10.1. The van der Waals surface area contributed by atoms with E-state index in [4.69, 9.17) is 0 Å². The Bertz CT molecular complexity index is 125. The molecule has 2 heteroatoms.